The van der Waals surface area contributed by atoms with Gasteiger partial charge in [-0.1, -0.05) is 18.7 Å². The lowest BCUT2D eigenvalue weighted by atomic mass is 10.4. The third-order valence-corrected chi connectivity index (χ3v) is 4.44. The Morgan fingerprint density at radius 3 is 2.94 bits per heavy atom. The molecule has 0 aromatic carbocycles. The first kappa shape index (κ1) is 13.4. The van der Waals surface area contributed by atoms with E-state index in [9.17, 15) is 0 Å². The predicted molar refractivity (Wildman–Crippen MR) is 76.4 cm³/mol. The van der Waals surface area contributed by atoms with Gasteiger partial charge in [0.1, 0.15) is 5.76 Å². The van der Waals surface area contributed by atoms with Gasteiger partial charge in [-0.25, -0.2) is 9.97 Å². The molecule has 98 valence electrons. The molecule has 0 amide bonds. The average Bonchev–Trinajstić information content (AvgIpc) is 2.92. The van der Waals surface area contributed by atoms with Crippen molar-refractivity contribution in [2.24, 2.45) is 0 Å². The van der Waals surface area contributed by atoms with Crippen LogP contribution in [0.25, 0.3) is 0 Å². The maximum absolute atomic E-state index is 5.53. The smallest absolute Gasteiger partial charge is 0.256 e. The van der Waals surface area contributed by atoms with Gasteiger partial charge >= 0.3 is 0 Å². The molecular weight excluding hydrogens is 266 g/mol. The molecule has 0 spiro atoms. The van der Waals surface area contributed by atoms with E-state index in [1.807, 2.05) is 20.0 Å². The summed E-state index contributed by atoms with van der Waals surface area (Å²) in [6, 6.07) is 0. The lowest BCUT2D eigenvalue weighted by Crippen LogP contribution is -1.97. The van der Waals surface area contributed by atoms with Gasteiger partial charge < -0.3 is 9.73 Å². The van der Waals surface area contributed by atoms with Crippen molar-refractivity contribution in [2.75, 3.05) is 11.9 Å². The third kappa shape index (κ3) is 3.49. The molecule has 0 aliphatic rings. The number of aromatic nitrogens is 2. The molecule has 0 radical (unpaired) electrons. The van der Waals surface area contributed by atoms with E-state index in [-0.39, 0.29) is 0 Å². The van der Waals surface area contributed by atoms with Gasteiger partial charge in [0.2, 0.25) is 0 Å². The zero-order chi connectivity index (χ0) is 13.0. The molecular formula is C12H17N3OS2. The van der Waals surface area contributed by atoms with E-state index in [2.05, 4.69) is 22.2 Å². The first-order chi connectivity index (χ1) is 8.69. The number of rotatable bonds is 6. The number of hydrogen-bond donors (Lipinski definition) is 1. The number of thioether (sulfide) groups is 1. The minimum absolute atomic E-state index is 0.737. The summed E-state index contributed by atoms with van der Waals surface area (Å²) in [7, 11) is 0. The van der Waals surface area contributed by atoms with Gasteiger partial charge in [-0.3, -0.25) is 0 Å². The van der Waals surface area contributed by atoms with Gasteiger partial charge in [-0.15, -0.1) is 11.3 Å². The summed E-state index contributed by atoms with van der Waals surface area (Å²) in [5.74, 6) is 1.75. The molecule has 0 saturated heterocycles. The van der Waals surface area contributed by atoms with Crippen molar-refractivity contribution in [3.8, 4) is 0 Å². The summed E-state index contributed by atoms with van der Waals surface area (Å²) in [4.78, 5) is 9.91. The lowest BCUT2D eigenvalue weighted by molar-refractivity contribution is 0.431. The molecule has 1 N–H and O–H groups in total. The molecule has 0 aliphatic carbocycles. The summed E-state index contributed by atoms with van der Waals surface area (Å²) in [5.41, 5.74) is 0.965. The number of thiazole rings is 1. The minimum Gasteiger partial charge on any atom is -0.437 e. The highest BCUT2D eigenvalue weighted by Gasteiger charge is 2.08. The standard InChI is InChI=1S/C12H17N3OS2/c1-4-5-13-11-14-6-10(18-11)7-17-12-15-8(2)9(3)16-12/h6H,4-5,7H2,1-3H3,(H,13,14). The third-order valence-electron chi connectivity index (χ3n) is 2.43. The van der Waals surface area contributed by atoms with Crippen LogP contribution in [0.3, 0.4) is 0 Å². The fraction of sp³-hybridized carbons (Fsp3) is 0.500. The van der Waals surface area contributed by atoms with E-state index in [1.165, 1.54) is 4.88 Å². The largest absolute Gasteiger partial charge is 0.437 e. The molecule has 2 aromatic rings. The van der Waals surface area contributed by atoms with Crippen molar-refractivity contribution in [3.63, 3.8) is 0 Å². The number of nitrogens with zero attached hydrogens (tertiary/aromatic N) is 2. The molecule has 4 nitrogen and oxygen atoms in total. The van der Waals surface area contributed by atoms with Crippen LogP contribution in [0.1, 0.15) is 29.7 Å². The summed E-state index contributed by atoms with van der Waals surface area (Å²) < 4.78 is 5.53. The highest BCUT2D eigenvalue weighted by molar-refractivity contribution is 7.98. The average molecular weight is 283 g/mol. The second-order valence-electron chi connectivity index (χ2n) is 3.97. The van der Waals surface area contributed by atoms with Crippen LogP contribution in [0.4, 0.5) is 5.13 Å². The van der Waals surface area contributed by atoms with Gasteiger partial charge in [-0.05, 0) is 20.3 Å². The zero-order valence-corrected chi connectivity index (χ0v) is 12.5. The highest BCUT2D eigenvalue weighted by Crippen LogP contribution is 2.27. The van der Waals surface area contributed by atoms with Crippen LogP contribution in [0.2, 0.25) is 0 Å². The number of hydrogen-bond acceptors (Lipinski definition) is 6. The van der Waals surface area contributed by atoms with Crippen LogP contribution in [-0.4, -0.2) is 16.5 Å². The van der Waals surface area contributed by atoms with Crippen molar-refractivity contribution in [1.82, 2.24) is 9.97 Å². The van der Waals surface area contributed by atoms with E-state index in [0.717, 1.165) is 40.5 Å². The fourth-order valence-corrected chi connectivity index (χ4v) is 3.10. The van der Waals surface area contributed by atoms with Crippen molar-refractivity contribution >= 4 is 28.2 Å². The van der Waals surface area contributed by atoms with Crippen LogP contribution in [0, 0.1) is 13.8 Å². The van der Waals surface area contributed by atoms with E-state index >= 15 is 0 Å². The maximum atomic E-state index is 5.53. The first-order valence-corrected chi connectivity index (χ1v) is 7.74. The molecule has 0 fully saturated rings. The number of nitrogens with one attached hydrogen (secondary N) is 1. The van der Waals surface area contributed by atoms with Crippen molar-refractivity contribution in [1.29, 1.82) is 0 Å². The molecule has 0 aliphatic heterocycles. The van der Waals surface area contributed by atoms with Crippen LogP contribution >= 0.6 is 23.1 Å². The van der Waals surface area contributed by atoms with Crippen LogP contribution in [0.15, 0.2) is 15.8 Å². The first-order valence-electron chi connectivity index (χ1n) is 5.94. The predicted octanol–water partition coefficient (Wildman–Crippen LogP) is 3.86. The van der Waals surface area contributed by atoms with Gasteiger partial charge in [0.25, 0.3) is 5.22 Å². The monoisotopic (exact) mass is 283 g/mol. The van der Waals surface area contributed by atoms with E-state index in [4.69, 9.17) is 4.42 Å². The van der Waals surface area contributed by atoms with E-state index in [1.54, 1.807) is 23.1 Å². The summed E-state index contributed by atoms with van der Waals surface area (Å²) in [6.07, 6.45) is 3.02. The lowest BCUT2D eigenvalue weighted by Gasteiger charge is -1.96. The Kier molecular flexibility index (Phi) is 4.66. The number of anilines is 1. The molecule has 0 bridgehead atoms. The number of aryl methyl sites for hydroxylation is 2. The summed E-state index contributed by atoms with van der Waals surface area (Å²) in [6.45, 7) is 7.01. The molecule has 6 heteroatoms. The summed E-state index contributed by atoms with van der Waals surface area (Å²) in [5, 5.41) is 5.02. The molecule has 0 saturated carbocycles. The Labute approximate surface area is 115 Å². The van der Waals surface area contributed by atoms with E-state index < -0.39 is 0 Å². The SMILES string of the molecule is CCCNc1ncc(CSc2nc(C)c(C)o2)s1. The van der Waals surface area contributed by atoms with Crippen LogP contribution in [0.5, 0.6) is 0 Å². The minimum atomic E-state index is 0.737. The van der Waals surface area contributed by atoms with Gasteiger partial charge in [0.15, 0.2) is 5.13 Å². The molecule has 2 heterocycles. The Hall–Kier alpha value is -1.01. The van der Waals surface area contributed by atoms with E-state index in [0.29, 0.717) is 0 Å². The molecule has 2 aromatic heterocycles. The quantitative estimate of drug-likeness (QED) is 0.816. The fourth-order valence-electron chi connectivity index (χ4n) is 1.33. The molecule has 2 rings (SSSR count). The van der Waals surface area contributed by atoms with Crippen molar-refractivity contribution < 1.29 is 4.42 Å². The Morgan fingerprint density at radius 1 is 1.44 bits per heavy atom. The summed E-state index contributed by atoms with van der Waals surface area (Å²) >= 11 is 3.30. The molecule has 0 unspecified atom stereocenters. The second-order valence-corrected chi connectivity index (χ2v) is 6.01. The molecule has 18 heavy (non-hydrogen) atoms. The normalized spacial score (nSPS) is 10.8. The van der Waals surface area contributed by atoms with Crippen LogP contribution in [-0.2, 0) is 5.75 Å². The topological polar surface area (TPSA) is 51.0 Å². The molecule has 0 atom stereocenters. The Bertz CT molecular complexity index is 488. The highest BCUT2D eigenvalue weighted by atomic mass is 32.2. The van der Waals surface area contributed by atoms with Gasteiger partial charge in [-0.2, -0.15) is 0 Å². The maximum Gasteiger partial charge on any atom is 0.256 e. The van der Waals surface area contributed by atoms with Crippen molar-refractivity contribution in [2.45, 2.75) is 38.2 Å². The van der Waals surface area contributed by atoms with Gasteiger partial charge in [0, 0.05) is 23.4 Å². The second kappa shape index (κ2) is 6.24. The zero-order valence-electron chi connectivity index (χ0n) is 10.8. The van der Waals surface area contributed by atoms with Crippen molar-refractivity contribution in [3.05, 3.63) is 22.5 Å². The Morgan fingerprint density at radius 2 is 2.28 bits per heavy atom. The Balaban J connectivity index is 1.88. The van der Waals surface area contributed by atoms with Gasteiger partial charge in [0.05, 0.1) is 5.69 Å². The number of oxazole rings is 1. The van der Waals surface area contributed by atoms with Crippen LogP contribution < -0.4 is 5.32 Å².